The van der Waals surface area contributed by atoms with E-state index in [1.54, 1.807) is 0 Å². The van der Waals surface area contributed by atoms with Crippen LogP contribution in [0.2, 0.25) is 0 Å². The fourth-order valence-corrected chi connectivity index (χ4v) is 0.866. The monoisotopic (exact) mass is 216 g/mol. The van der Waals surface area contributed by atoms with Crippen LogP contribution in [0.4, 0.5) is 13.2 Å². The third-order valence-corrected chi connectivity index (χ3v) is 1.51. The molecule has 7 heteroatoms. The van der Waals surface area contributed by atoms with Crippen molar-refractivity contribution in [3.8, 4) is 0 Å². The molecule has 0 N–H and O–H groups in total. The van der Waals surface area contributed by atoms with Crippen LogP contribution in [0.15, 0.2) is 22.2 Å². The Morgan fingerprint density at radius 3 is 2.60 bits per heavy atom. The highest BCUT2D eigenvalue weighted by Crippen LogP contribution is 2.26. The third kappa shape index (κ3) is 2.58. The second-order valence-corrected chi connectivity index (χ2v) is 2.47. The van der Waals surface area contributed by atoms with Gasteiger partial charge in [-0.25, -0.2) is 15.0 Å². The number of rotatable bonds is 1. The Kier molecular flexibility index (Phi) is 3.13. The van der Waals surface area contributed by atoms with E-state index in [1.807, 2.05) is 0 Å². The van der Waals surface area contributed by atoms with Crippen LogP contribution in [0.25, 0.3) is 0 Å². The molecule has 1 aromatic rings. The van der Waals surface area contributed by atoms with Crippen molar-refractivity contribution in [3.05, 3.63) is 23.8 Å². The largest absolute Gasteiger partial charge is 0.433 e. The highest BCUT2D eigenvalue weighted by molar-refractivity contribution is 5.98. The normalized spacial score (nSPS) is 12.7. The lowest BCUT2D eigenvalue weighted by molar-refractivity contribution is -0.141. The summed E-state index contributed by atoms with van der Waals surface area (Å²) in [6.07, 6.45) is -3.50. The summed E-state index contributed by atoms with van der Waals surface area (Å²) in [4.78, 5) is 13.9. The van der Waals surface area contributed by atoms with Gasteiger partial charge in [-0.2, -0.15) is 13.2 Å². The van der Waals surface area contributed by atoms with E-state index in [0.29, 0.717) is 0 Å². The topological polar surface area (TPSA) is 50.5 Å². The predicted molar refractivity (Wildman–Crippen MR) is 49.0 cm³/mol. The van der Waals surface area contributed by atoms with E-state index in [4.69, 9.17) is 0 Å². The number of nitrogens with zero attached hydrogens (tertiary/aromatic N) is 4. The first-order valence-electron chi connectivity index (χ1n) is 3.83. The van der Waals surface area contributed by atoms with E-state index in [1.165, 1.54) is 7.05 Å². The molecule has 0 saturated heterocycles. The van der Waals surface area contributed by atoms with Crippen LogP contribution in [-0.4, -0.2) is 29.6 Å². The van der Waals surface area contributed by atoms with Gasteiger partial charge in [0.15, 0.2) is 11.7 Å². The van der Waals surface area contributed by atoms with Gasteiger partial charge < -0.3 is 0 Å². The average Bonchev–Trinajstić information content (AvgIpc) is 2.19. The van der Waals surface area contributed by atoms with Gasteiger partial charge in [0.05, 0.1) is 0 Å². The van der Waals surface area contributed by atoms with Crippen LogP contribution in [0.1, 0.15) is 11.5 Å². The van der Waals surface area contributed by atoms with Crippen molar-refractivity contribution in [2.24, 2.45) is 9.98 Å². The predicted octanol–water partition coefficient (Wildman–Crippen LogP) is 1.57. The lowest BCUT2D eigenvalue weighted by Crippen LogP contribution is -2.12. The smallest absolute Gasteiger partial charge is 0.267 e. The van der Waals surface area contributed by atoms with Gasteiger partial charge >= 0.3 is 6.18 Å². The number of amidine groups is 1. The summed E-state index contributed by atoms with van der Waals surface area (Å²) in [5.41, 5.74) is -1.03. The fourth-order valence-electron chi connectivity index (χ4n) is 0.866. The molecule has 0 spiro atoms. The number of hydrogen-bond acceptors (Lipinski definition) is 3. The van der Waals surface area contributed by atoms with Gasteiger partial charge in [0.25, 0.3) is 0 Å². The minimum atomic E-state index is -4.50. The lowest BCUT2D eigenvalue weighted by Gasteiger charge is -2.05. The van der Waals surface area contributed by atoms with E-state index in [0.717, 1.165) is 12.3 Å². The van der Waals surface area contributed by atoms with Gasteiger partial charge in [0.1, 0.15) is 5.69 Å². The maximum atomic E-state index is 12.3. The first-order chi connectivity index (χ1) is 6.99. The highest BCUT2D eigenvalue weighted by Gasteiger charge is 2.33. The van der Waals surface area contributed by atoms with E-state index in [2.05, 4.69) is 26.7 Å². The van der Waals surface area contributed by atoms with Gasteiger partial charge in [-0.05, 0) is 12.8 Å². The molecule has 0 fully saturated rings. The van der Waals surface area contributed by atoms with Gasteiger partial charge in [0, 0.05) is 13.2 Å². The highest BCUT2D eigenvalue weighted by atomic mass is 19.4. The van der Waals surface area contributed by atoms with Crippen molar-refractivity contribution >= 4 is 12.6 Å². The second kappa shape index (κ2) is 4.16. The summed E-state index contributed by atoms with van der Waals surface area (Å²) in [7, 11) is 1.37. The molecule has 80 valence electrons. The van der Waals surface area contributed by atoms with Crippen LogP contribution < -0.4 is 0 Å². The Morgan fingerprint density at radius 1 is 1.47 bits per heavy atom. The van der Waals surface area contributed by atoms with Crippen molar-refractivity contribution in [1.82, 2.24) is 9.97 Å². The standard InChI is InChI=1S/C8H7F3N4/c1-12-6(13-2)7-14-4-3-5(15-7)8(9,10)11/h3-4H,1H2,2H3/b13-6-. The number of hydrogen-bond donors (Lipinski definition) is 0. The first-order valence-corrected chi connectivity index (χ1v) is 3.83. The zero-order chi connectivity index (χ0) is 11.5. The Hall–Kier alpha value is -1.79. The number of alkyl halides is 3. The van der Waals surface area contributed by atoms with Crippen LogP contribution >= 0.6 is 0 Å². The zero-order valence-corrected chi connectivity index (χ0v) is 7.78. The van der Waals surface area contributed by atoms with E-state index in [-0.39, 0.29) is 11.7 Å². The van der Waals surface area contributed by atoms with Crippen molar-refractivity contribution in [1.29, 1.82) is 0 Å². The number of aromatic nitrogens is 2. The van der Waals surface area contributed by atoms with Crippen molar-refractivity contribution in [2.45, 2.75) is 6.18 Å². The summed E-state index contributed by atoms with van der Waals surface area (Å²) < 4.78 is 36.8. The summed E-state index contributed by atoms with van der Waals surface area (Å²) in [6.45, 7) is 3.16. The van der Waals surface area contributed by atoms with Crippen LogP contribution in [-0.2, 0) is 6.18 Å². The molecular formula is C8H7F3N4. The molecule has 4 nitrogen and oxygen atoms in total. The number of aliphatic imine (C=N–C) groups is 2. The van der Waals surface area contributed by atoms with Crippen molar-refractivity contribution < 1.29 is 13.2 Å². The minimum Gasteiger partial charge on any atom is -0.267 e. The Morgan fingerprint density at radius 2 is 2.13 bits per heavy atom. The SMILES string of the molecule is C=N/C(=N\C)c1nccc(C(F)(F)F)n1. The molecule has 0 radical (unpaired) electrons. The van der Waals surface area contributed by atoms with Crippen molar-refractivity contribution in [2.75, 3.05) is 7.05 Å². The molecule has 1 rings (SSSR count). The maximum Gasteiger partial charge on any atom is 0.433 e. The van der Waals surface area contributed by atoms with Gasteiger partial charge in [0.2, 0.25) is 0 Å². The number of halogens is 3. The quantitative estimate of drug-likeness (QED) is 0.528. The average molecular weight is 216 g/mol. The van der Waals surface area contributed by atoms with Crippen molar-refractivity contribution in [3.63, 3.8) is 0 Å². The summed E-state index contributed by atoms with van der Waals surface area (Å²) in [6, 6.07) is 0.778. The van der Waals surface area contributed by atoms with Gasteiger partial charge in [-0.15, -0.1) is 0 Å². The molecule has 15 heavy (non-hydrogen) atoms. The molecule has 0 aliphatic carbocycles. The molecular weight excluding hydrogens is 209 g/mol. The third-order valence-electron chi connectivity index (χ3n) is 1.51. The van der Waals surface area contributed by atoms with Crippen LogP contribution in [0.5, 0.6) is 0 Å². The molecule has 0 aromatic carbocycles. The van der Waals surface area contributed by atoms with Gasteiger partial charge in [-0.3, -0.25) is 4.99 Å². The molecule has 0 atom stereocenters. The summed E-state index contributed by atoms with van der Waals surface area (Å²) in [5, 5.41) is 0. The van der Waals surface area contributed by atoms with Crippen LogP contribution in [0.3, 0.4) is 0 Å². The van der Waals surface area contributed by atoms with E-state index in [9.17, 15) is 13.2 Å². The summed E-state index contributed by atoms with van der Waals surface area (Å²) in [5.74, 6) is -0.219. The minimum absolute atomic E-state index is 0.0268. The molecule has 0 saturated carbocycles. The molecule has 0 amide bonds. The molecule has 0 bridgehead atoms. The van der Waals surface area contributed by atoms with Crippen LogP contribution in [0, 0.1) is 0 Å². The summed E-state index contributed by atoms with van der Waals surface area (Å²) >= 11 is 0. The molecule has 0 aliphatic heterocycles. The fraction of sp³-hybridized carbons (Fsp3) is 0.250. The Balaban J connectivity index is 3.19. The Labute approximate surface area is 83.6 Å². The Bertz CT molecular complexity index is 397. The molecule has 1 heterocycles. The van der Waals surface area contributed by atoms with Gasteiger partial charge in [-0.1, -0.05) is 0 Å². The second-order valence-electron chi connectivity index (χ2n) is 2.47. The maximum absolute atomic E-state index is 12.3. The molecule has 0 aliphatic rings. The first kappa shape index (κ1) is 11.3. The van der Waals surface area contributed by atoms with E-state index < -0.39 is 11.9 Å². The van der Waals surface area contributed by atoms with E-state index >= 15 is 0 Å². The molecule has 0 unspecified atom stereocenters. The lowest BCUT2D eigenvalue weighted by atomic mass is 10.4. The zero-order valence-electron chi connectivity index (χ0n) is 7.78. The molecule has 1 aromatic heterocycles.